The molecule has 4 nitrogen and oxygen atoms in total. The Balaban J connectivity index is 1.87. The summed E-state index contributed by atoms with van der Waals surface area (Å²) in [5, 5.41) is 6.54. The number of hydrogen-bond donors (Lipinski definition) is 0. The highest BCUT2D eigenvalue weighted by Gasteiger charge is 2.39. The van der Waals surface area contributed by atoms with E-state index in [0.29, 0.717) is 6.54 Å². The van der Waals surface area contributed by atoms with Crippen molar-refractivity contribution in [1.82, 2.24) is 14.7 Å². The summed E-state index contributed by atoms with van der Waals surface area (Å²) >= 11 is 1.81. The number of aryl methyl sites for hydroxylation is 2. The number of nitrogens with zero attached hydrogens (tertiary/aromatic N) is 3. The first-order valence-corrected chi connectivity index (χ1v) is 9.37. The molecule has 2 aromatic rings. The molecule has 1 saturated carbocycles. The number of hydrogen-bond acceptors (Lipinski definition) is 3. The number of aromatic nitrogens is 2. The molecule has 0 aromatic carbocycles. The summed E-state index contributed by atoms with van der Waals surface area (Å²) in [5.74, 6) is -0.00307. The van der Waals surface area contributed by atoms with E-state index in [0.717, 1.165) is 30.8 Å². The lowest BCUT2D eigenvalue weighted by Crippen LogP contribution is -2.41. The Kier molecular flexibility index (Phi) is 4.90. The molecule has 0 aliphatic heterocycles. The molecule has 1 aliphatic carbocycles. The van der Waals surface area contributed by atoms with E-state index < -0.39 is 0 Å². The smallest absolute Gasteiger partial charge is 0.246 e. The van der Waals surface area contributed by atoms with Crippen LogP contribution in [0.1, 0.15) is 41.9 Å². The average Bonchev–Trinajstić information content (AvgIpc) is 3.28. The van der Waals surface area contributed by atoms with Gasteiger partial charge in [-0.2, -0.15) is 5.10 Å². The van der Waals surface area contributed by atoms with Crippen molar-refractivity contribution in [3.63, 3.8) is 0 Å². The molecule has 0 saturated heterocycles. The van der Waals surface area contributed by atoms with Gasteiger partial charge in [0.2, 0.25) is 5.91 Å². The molecule has 2 heterocycles. The first kappa shape index (κ1) is 17.0. The SMILES string of the molecule is C=CC(=O)N(Cc1cc(C)nn1C)CC1(c2cccs2)CCCC1. The first-order chi connectivity index (χ1) is 11.5. The van der Waals surface area contributed by atoms with Gasteiger partial charge in [0.25, 0.3) is 0 Å². The molecule has 24 heavy (non-hydrogen) atoms. The fourth-order valence-electron chi connectivity index (χ4n) is 3.83. The van der Waals surface area contributed by atoms with Crippen LogP contribution in [0.15, 0.2) is 36.2 Å². The Morgan fingerprint density at radius 2 is 2.25 bits per heavy atom. The van der Waals surface area contributed by atoms with E-state index in [1.165, 1.54) is 23.8 Å². The summed E-state index contributed by atoms with van der Waals surface area (Å²) in [6, 6.07) is 6.39. The lowest BCUT2D eigenvalue weighted by Gasteiger charge is -2.34. The van der Waals surface area contributed by atoms with Gasteiger partial charge in [0.1, 0.15) is 0 Å². The zero-order valence-corrected chi connectivity index (χ0v) is 15.3. The summed E-state index contributed by atoms with van der Waals surface area (Å²) in [6.07, 6.45) is 6.20. The maximum absolute atomic E-state index is 12.5. The van der Waals surface area contributed by atoms with Crippen molar-refractivity contribution in [1.29, 1.82) is 0 Å². The van der Waals surface area contributed by atoms with E-state index in [1.54, 1.807) is 0 Å². The number of rotatable bonds is 6. The van der Waals surface area contributed by atoms with Crippen molar-refractivity contribution in [3.05, 3.63) is 52.5 Å². The van der Waals surface area contributed by atoms with Crippen LogP contribution in [0.5, 0.6) is 0 Å². The van der Waals surface area contributed by atoms with Gasteiger partial charge in [0.05, 0.1) is 17.9 Å². The maximum Gasteiger partial charge on any atom is 0.246 e. The lowest BCUT2D eigenvalue weighted by molar-refractivity contribution is -0.127. The largest absolute Gasteiger partial charge is 0.332 e. The molecular weight excluding hydrogens is 318 g/mol. The van der Waals surface area contributed by atoms with Gasteiger partial charge >= 0.3 is 0 Å². The molecule has 128 valence electrons. The highest BCUT2D eigenvalue weighted by atomic mass is 32.1. The Labute approximate surface area is 147 Å². The molecule has 0 N–H and O–H groups in total. The minimum atomic E-state index is -0.00307. The second-order valence-electron chi connectivity index (χ2n) is 6.76. The van der Waals surface area contributed by atoms with Crippen LogP contribution in [-0.2, 0) is 23.8 Å². The predicted molar refractivity (Wildman–Crippen MR) is 98.0 cm³/mol. The van der Waals surface area contributed by atoms with Crippen LogP contribution in [0.4, 0.5) is 0 Å². The van der Waals surface area contributed by atoms with E-state index in [-0.39, 0.29) is 11.3 Å². The Hall–Kier alpha value is -1.88. The third kappa shape index (κ3) is 3.31. The lowest BCUT2D eigenvalue weighted by atomic mass is 9.83. The molecule has 0 atom stereocenters. The van der Waals surface area contributed by atoms with Gasteiger partial charge in [-0.3, -0.25) is 9.48 Å². The number of carbonyl (C=O) groups excluding carboxylic acids is 1. The highest BCUT2D eigenvalue weighted by molar-refractivity contribution is 7.10. The molecular formula is C19H25N3OS. The topological polar surface area (TPSA) is 38.1 Å². The molecule has 0 radical (unpaired) electrons. The van der Waals surface area contributed by atoms with Gasteiger partial charge in [0.15, 0.2) is 0 Å². The van der Waals surface area contributed by atoms with Crippen LogP contribution < -0.4 is 0 Å². The third-order valence-electron chi connectivity index (χ3n) is 5.04. The minimum absolute atomic E-state index is 0.00307. The van der Waals surface area contributed by atoms with E-state index in [9.17, 15) is 4.79 Å². The van der Waals surface area contributed by atoms with E-state index in [2.05, 4.69) is 35.3 Å². The molecule has 1 aliphatic rings. The normalized spacial score (nSPS) is 16.2. The molecule has 2 aromatic heterocycles. The Morgan fingerprint density at radius 3 is 2.79 bits per heavy atom. The van der Waals surface area contributed by atoms with Gasteiger partial charge in [-0.1, -0.05) is 25.5 Å². The molecule has 0 bridgehead atoms. The summed E-state index contributed by atoms with van der Waals surface area (Å²) in [5.41, 5.74) is 2.13. The predicted octanol–water partition coefficient (Wildman–Crippen LogP) is 3.82. The number of amides is 1. The van der Waals surface area contributed by atoms with Gasteiger partial charge < -0.3 is 4.90 Å². The summed E-state index contributed by atoms with van der Waals surface area (Å²) in [6.45, 7) is 7.01. The van der Waals surface area contributed by atoms with Crippen LogP contribution in [0.25, 0.3) is 0 Å². The van der Waals surface area contributed by atoms with E-state index >= 15 is 0 Å². The van der Waals surface area contributed by atoms with E-state index in [1.807, 2.05) is 34.9 Å². The molecule has 0 spiro atoms. The second kappa shape index (κ2) is 6.93. The van der Waals surface area contributed by atoms with Gasteiger partial charge in [0, 0.05) is 23.9 Å². The quantitative estimate of drug-likeness (QED) is 0.748. The maximum atomic E-state index is 12.5. The van der Waals surface area contributed by atoms with Crippen molar-refractivity contribution in [2.45, 2.75) is 44.6 Å². The molecule has 1 amide bonds. The standard InChI is InChI=1S/C19H25N3OS/c1-4-18(23)22(13-16-12-15(2)20-21(16)3)14-19(9-5-6-10-19)17-8-7-11-24-17/h4,7-8,11-12H,1,5-6,9-10,13-14H2,2-3H3. The minimum Gasteiger partial charge on any atom is -0.332 e. The first-order valence-electron chi connectivity index (χ1n) is 8.49. The molecule has 5 heteroatoms. The summed E-state index contributed by atoms with van der Waals surface area (Å²) in [7, 11) is 1.93. The zero-order valence-electron chi connectivity index (χ0n) is 14.5. The van der Waals surface area contributed by atoms with Gasteiger partial charge in [-0.25, -0.2) is 0 Å². The van der Waals surface area contributed by atoms with E-state index in [4.69, 9.17) is 0 Å². The van der Waals surface area contributed by atoms with Crippen LogP contribution in [0.3, 0.4) is 0 Å². The van der Waals surface area contributed by atoms with Crippen molar-refractivity contribution < 1.29 is 4.79 Å². The summed E-state index contributed by atoms with van der Waals surface area (Å²) < 4.78 is 1.87. The molecule has 1 fully saturated rings. The van der Waals surface area contributed by atoms with Gasteiger partial charge in [-0.05, 0) is 43.4 Å². The van der Waals surface area contributed by atoms with Crippen LogP contribution in [-0.4, -0.2) is 27.1 Å². The van der Waals surface area contributed by atoms with Gasteiger partial charge in [-0.15, -0.1) is 11.3 Å². The molecule has 3 rings (SSSR count). The van der Waals surface area contributed by atoms with Crippen molar-refractivity contribution in [2.75, 3.05) is 6.54 Å². The Morgan fingerprint density at radius 1 is 1.50 bits per heavy atom. The third-order valence-corrected chi connectivity index (χ3v) is 6.15. The van der Waals surface area contributed by atoms with Crippen molar-refractivity contribution in [3.8, 4) is 0 Å². The fraction of sp³-hybridized carbons (Fsp3) is 0.474. The van der Waals surface area contributed by atoms with Crippen LogP contribution in [0.2, 0.25) is 0 Å². The van der Waals surface area contributed by atoms with Crippen LogP contribution in [0, 0.1) is 6.92 Å². The average molecular weight is 343 g/mol. The Bertz CT molecular complexity index is 711. The zero-order chi connectivity index (χ0) is 17.2. The number of carbonyl (C=O) groups is 1. The second-order valence-corrected chi connectivity index (χ2v) is 7.71. The van der Waals surface area contributed by atoms with Crippen molar-refractivity contribution in [2.24, 2.45) is 7.05 Å². The van der Waals surface area contributed by atoms with Crippen LogP contribution >= 0.6 is 11.3 Å². The monoisotopic (exact) mass is 343 g/mol. The fourth-order valence-corrected chi connectivity index (χ4v) is 4.81. The summed E-state index contributed by atoms with van der Waals surface area (Å²) in [4.78, 5) is 15.9. The molecule has 0 unspecified atom stereocenters. The number of thiophene rings is 1. The van der Waals surface area contributed by atoms with Crippen molar-refractivity contribution >= 4 is 17.2 Å². The highest BCUT2D eigenvalue weighted by Crippen LogP contribution is 2.43.